The van der Waals surface area contributed by atoms with Crippen LogP contribution in [0.4, 0.5) is 0 Å². The topological polar surface area (TPSA) is 114 Å². The maximum absolute atomic E-state index is 12.8. The molecule has 9 nitrogen and oxygen atoms in total. The van der Waals surface area contributed by atoms with E-state index in [4.69, 9.17) is 35.3 Å². The summed E-state index contributed by atoms with van der Waals surface area (Å²) in [6.45, 7) is 0. The molecule has 34 heavy (non-hydrogen) atoms. The number of rotatable bonds is 12. The SMILES string of the molecule is COc1cc(OC)c(C=CS(=O)(=O)Cc2ccc(OC)c(OC(=O)CCC(=O)Cl)c2)c(OC)c1. The van der Waals surface area contributed by atoms with Crippen molar-refractivity contribution in [2.45, 2.75) is 18.6 Å². The summed E-state index contributed by atoms with van der Waals surface area (Å²) >= 11 is 5.24. The molecule has 0 aliphatic carbocycles. The quantitative estimate of drug-likeness (QED) is 0.238. The van der Waals surface area contributed by atoms with Crippen LogP contribution in [-0.4, -0.2) is 48.1 Å². The normalized spacial score (nSPS) is 11.2. The largest absolute Gasteiger partial charge is 0.496 e. The van der Waals surface area contributed by atoms with E-state index in [9.17, 15) is 18.0 Å². The average Bonchev–Trinajstić information content (AvgIpc) is 2.80. The molecule has 0 atom stereocenters. The summed E-state index contributed by atoms with van der Waals surface area (Å²) in [4.78, 5) is 22.8. The zero-order chi connectivity index (χ0) is 25.3. The van der Waals surface area contributed by atoms with Crippen LogP contribution in [-0.2, 0) is 25.2 Å². The lowest BCUT2D eigenvalue weighted by molar-refractivity contribution is -0.135. The first-order valence-corrected chi connectivity index (χ1v) is 12.0. The molecule has 0 saturated carbocycles. The number of methoxy groups -OCH3 is 4. The Kier molecular flexibility index (Phi) is 9.76. The van der Waals surface area contributed by atoms with Crippen molar-refractivity contribution in [1.82, 2.24) is 0 Å². The maximum atomic E-state index is 12.8. The molecule has 2 rings (SSSR count). The van der Waals surface area contributed by atoms with E-state index in [1.807, 2.05) is 0 Å². The van der Waals surface area contributed by atoms with Gasteiger partial charge in [0.25, 0.3) is 0 Å². The van der Waals surface area contributed by atoms with E-state index in [0.29, 0.717) is 28.4 Å². The highest BCUT2D eigenvalue weighted by atomic mass is 35.5. The minimum atomic E-state index is -3.75. The Hall–Kier alpha value is -3.24. The third-order valence-corrected chi connectivity index (χ3v) is 6.02. The van der Waals surface area contributed by atoms with Crippen LogP contribution in [0.3, 0.4) is 0 Å². The third kappa shape index (κ3) is 7.67. The smallest absolute Gasteiger partial charge is 0.311 e. The molecule has 0 heterocycles. The Bertz CT molecular complexity index is 1150. The van der Waals surface area contributed by atoms with Gasteiger partial charge in [0, 0.05) is 24.0 Å². The van der Waals surface area contributed by atoms with Crippen LogP contribution in [0.2, 0.25) is 0 Å². The van der Waals surface area contributed by atoms with Gasteiger partial charge in [-0.3, -0.25) is 9.59 Å². The number of benzene rings is 2. The molecule has 0 unspecified atom stereocenters. The van der Waals surface area contributed by atoms with Crippen molar-refractivity contribution >= 4 is 38.7 Å². The predicted molar refractivity (Wildman–Crippen MR) is 126 cm³/mol. The van der Waals surface area contributed by atoms with E-state index in [-0.39, 0.29) is 30.1 Å². The number of esters is 1. The van der Waals surface area contributed by atoms with Crippen LogP contribution >= 0.6 is 11.6 Å². The molecule has 0 aromatic heterocycles. The minimum absolute atomic E-state index is 0.0321. The van der Waals surface area contributed by atoms with Crippen molar-refractivity contribution in [2.75, 3.05) is 28.4 Å². The maximum Gasteiger partial charge on any atom is 0.311 e. The van der Waals surface area contributed by atoms with Crippen molar-refractivity contribution in [1.29, 1.82) is 0 Å². The highest BCUT2D eigenvalue weighted by Gasteiger charge is 2.16. The fourth-order valence-electron chi connectivity index (χ4n) is 2.91. The number of hydrogen-bond donors (Lipinski definition) is 0. The van der Waals surface area contributed by atoms with E-state index in [0.717, 1.165) is 5.41 Å². The fraction of sp³-hybridized carbons (Fsp3) is 0.304. The Balaban J connectivity index is 2.27. The summed E-state index contributed by atoms with van der Waals surface area (Å²) in [5.41, 5.74) is 0.780. The summed E-state index contributed by atoms with van der Waals surface area (Å²) in [6.07, 6.45) is 0.974. The number of halogens is 1. The number of carbonyl (C=O) groups excluding carboxylic acids is 2. The van der Waals surface area contributed by atoms with Gasteiger partial charge in [0.05, 0.1) is 46.2 Å². The van der Waals surface area contributed by atoms with E-state index < -0.39 is 21.0 Å². The molecule has 0 amide bonds. The lowest BCUT2D eigenvalue weighted by atomic mass is 10.1. The molecular formula is C23H25ClO9S. The molecular weight excluding hydrogens is 488 g/mol. The van der Waals surface area contributed by atoms with E-state index in [2.05, 4.69) is 0 Å². The summed E-state index contributed by atoms with van der Waals surface area (Å²) in [5.74, 6) is 0.419. The zero-order valence-corrected chi connectivity index (χ0v) is 20.7. The highest BCUT2D eigenvalue weighted by molar-refractivity contribution is 7.93. The van der Waals surface area contributed by atoms with E-state index in [1.54, 1.807) is 18.2 Å². The first-order chi connectivity index (χ1) is 16.1. The van der Waals surface area contributed by atoms with Gasteiger partial charge in [-0.2, -0.15) is 0 Å². The standard InChI is InChI=1S/C23H25ClO9S/c1-29-16-12-19(31-3)17(20(13-16)32-4)9-10-34(27,28)14-15-5-6-18(30-2)21(11-15)33-23(26)8-7-22(24)25/h5-6,9-13H,7-8,14H2,1-4H3. The van der Waals surface area contributed by atoms with Crippen LogP contribution in [0.1, 0.15) is 24.0 Å². The lowest BCUT2D eigenvalue weighted by Crippen LogP contribution is -2.10. The van der Waals surface area contributed by atoms with Gasteiger partial charge in [0.1, 0.15) is 17.2 Å². The first kappa shape index (κ1) is 27.0. The number of ether oxygens (including phenoxy) is 5. The van der Waals surface area contributed by atoms with Crippen molar-refractivity contribution < 1.29 is 41.7 Å². The van der Waals surface area contributed by atoms with Gasteiger partial charge in [0.15, 0.2) is 21.3 Å². The van der Waals surface area contributed by atoms with Crippen LogP contribution in [0.25, 0.3) is 6.08 Å². The van der Waals surface area contributed by atoms with Crippen LogP contribution in [0, 0.1) is 0 Å². The molecule has 11 heteroatoms. The monoisotopic (exact) mass is 512 g/mol. The fourth-order valence-corrected chi connectivity index (χ4v) is 4.09. The average molecular weight is 513 g/mol. The second-order valence-electron chi connectivity index (χ2n) is 6.87. The highest BCUT2D eigenvalue weighted by Crippen LogP contribution is 2.35. The number of carbonyl (C=O) groups is 2. The number of sulfone groups is 1. The Morgan fingerprint density at radius 3 is 2.00 bits per heavy atom. The molecule has 2 aromatic carbocycles. The van der Waals surface area contributed by atoms with Crippen LogP contribution < -0.4 is 23.7 Å². The van der Waals surface area contributed by atoms with Gasteiger partial charge < -0.3 is 23.7 Å². The molecule has 184 valence electrons. The summed E-state index contributed by atoms with van der Waals surface area (Å²) in [6, 6.07) is 7.63. The third-order valence-electron chi connectivity index (χ3n) is 4.54. The Morgan fingerprint density at radius 1 is 0.853 bits per heavy atom. The van der Waals surface area contributed by atoms with Crippen LogP contribution in [0.15, 0.2) is 35.7 Å². The van der Waals surface area contributed by atoms with E-state index in [1.165, 1.54) is 46.6 Å². The van der Waals surface area contributed by atoms with E-state index >= 15 is 0 Å². The molecule has 2 aromatic rings. The Labute approximate surface area is 203 Å². The molecule has 0 fully saturated rings. The van der Waals surface area contributed by atoms with Crippen molar-refractivity contribution in [3.8, 4) is 28.7 Å². The van der Waals surface area contributed by atoms with Gasteiger partial charge in [0.2, 0.25) is 5.24 Å². The zero-order valence-electron chi connectivity index (χ0n) is 19.1. The summed E-state index contributed by atoms with van der Waals surface area (Å²) in [7, 11) is 2.02. The molecule has 0 saturated heterocycles. The second-order valence-corrected chi connectivity index (χ2v) is 9.18. The summed E-state index contributed by atoms with van der Waals surface area (Å²) < 4.78 is 51.8. The molecule has 0 radical (unpaired) electrons. The van der Waals surface area contributed by atoms with Crippen LogP contribution in [0.5, 0.6) is 28.7 Å². The second kappa shape index (κ2) is 12.3. The van der Waals surface area contributed by atoms with Gasteiger partial charge in [-0.25, -0.2) is 8.42 Å². The minimum Gasteiger partial charge on any atom is -0.496 e. The molecule has 0 spiro atoms. The first-order valence-electron chi connectivity index (χ1n) is 9.89. The molecule has 0 aliphatic rings. The molecule has 0 bridgehead atoms. The molecule has 0 N–H and O–H groups in total. The van der Waals surface area contributed by atoms with Gasteiger partial charge in [-0.1, -0.05) is 6.07 Å². The van der Waals surface area contributed by atoms with Crippen molar-refractivity contribution in [3.05, 3.63) is 46.9 Å². The predicted octanol–water partition coefficient (Wildman–Crippen LogP) is 3.76. The van der Waals surface area contributed by atoms with Crippen molar-refractivity contribution in [2.24, 2.45) is 0 Å². The lowest BCUT2D eigenvalue weighted by Gasteiger charge is -2.12. The Morgan fingerprint density at radius 2 is 1.47 bits per heavy atom. The van der Waals surface area contributed by atoms with Gasteiger partial charge in [-0.15, -0.1) is 0 Å². The van der Waals surface area contributed by atoms with Crippen molar-refractivity contribution in [3.63, 3.8) is 0 Å². The summed E-state index contributed by atoms with van der Waals surface area (Å²) in [5, 5.41) is 0.377. The number of hydrogen-bond acceptors (Lipinski definition) is 9. The van der Waals surface area contributed by atoms with Gasteiger partial charge in [-0.05, 0) is 35.4 Å². The molecule has 0 aliphatic heterocycles. The van der Waals surface area contributed by atoms with Gasteiger partial charge >= 0.3 is 5.97 Å².